The fourth-order valence-corrected chi connectivity index (χ4v) is 2.32. The zero-order valence-electron chi connectivity index (χ0n) is 12.2. The molecule has 0 amide bonds. The maximum Gasteiger partial charge on any atom is 0.261 e. The average molecular weight is 296 g/mol. The number of hydrogen-bond donors (Lipinski definition) is 1. The summed E-state index contributed by atoms with van der Waals surface area (Å²) in [6.07, 6.45) is 1.55. The van der Waals surface area contributed by atoms with Crippen molar-refractivity contribution in [3.05, 3.63) is 70.3 Å². The highest BCUT2D eigenvalue weighted by molar-refractivity contribution is 5.78. The Bertz CT molecular complexity index is 854. The summed E-state index contributed by atoms with van der Waals surface area (Å²) in [5, 5.41) is 9.61. The van der Waals surface area contributed by atoms with Gasteiger partial charge in [-0.1, -0.05) is 24.3 Å². The van der Waals surface area contributed by atoms with Gasteiger partial charge in [0.25, 0.3) is 5.56 Å². The third-order valence-corrected chi connectivity index (χ3v) is 3.59. The van der Waals surface area contributed by atoms with E-state index in [1.165, 1.54) is 0 Å². The normalized spacial score (nSPS) is 10.8. The van der Waals surface area contributed by atoms with Crippen molar-refractivity contribution < 1.29 is 9.84 Å². The van der Waals surface area contributed by atoms with Crippen LogP contribution < -0.4 is 10.3 Å². The van der Waals surface area contributed by atoms with Crippen LogP contribution in [0.3, 0.4) is 0 Å². The standard InChI is InChI=1S/C17H16N2O3/c1-22-14-6-7-15-16(8-14)18-11-19(17(15)21)9-12-2-4-13(10-20)5-3-12/h2-8,11,20H,9-10H2,1H3. The molecule has 0 saturated carbocycles. The third kappa shape index (κ3) is 2.71. The molecule has 0 unspecified atom stereocenters. The molecule has 2 aromatic carbocycles. The predicted molar refractivity (Wildman–Crippen MR) is 84.0 cm³/mol. The van der Waals surface area contributed by atoms with Crippen molar-refractivity contribution in [2.24, 2.45) is 0 Å². The minimum atomic E-state index is -0.0844. The van der Waals surface area contributed by atoms with Crippen molar-refractivity contribution in [1.82, 2.24) is 9.55 Å². The molecule has 5 heteroatoms. The first-order valence-corrected chi connectivity index (χ1v) is 6.93. The van der Waals surface area contributed by atoms with Crippen LogP contribution in [-0.2, 0) is 13.2 Å². The Kier molecular flexibility index (Phi) is 3.89. The molecular formula is C17H16N2O3. The van der Waals surface area contributed by atoms with E-state index in [9.17, 15) is 4.79 Å². The maximum absolute atomic E-state index is 12.5. The van der Waals surface area contributed by atoms with E-state index in [0.29, 0.717) is 23.2 Å². The molecule has 1 heterocycles. The summed E-state index contributed by atoms with van der Waals surface area (Å²) < 4.78 is 6.71. The fraction of sp³-hybridized carbons (Fsp3) is 0.176. The van der Waals surface area contributed by atoms with E-state index in [1.54, 1.807) is 36.2 Å². The zero-order valence-corrected chi connectivity index (χ0v) is 12.2. The molecule has 1 N–H and O–H groups in total. The minimum absolute atomic E-state index is 0.0135. The summed E-state index contributed by atoms with van der Waals surface area (Å²) in [5.41, 5.74) is 2.36. The quantitative estimate of drug-likeness (QED) is 0.799. The lowest BCUT2D eigenvalue weighted by Crippen LogP contribution is -2.21. The highest BCUT2D eigenvalue weighted by Crippen LogP contribution is 2.16. The first kappa shape index (κ1) is 14.3. The predicted octanol–water partition coefficient (Wildman–Crippen LogP) is 1.95. The second-order valence-electron chi connectivity index (χ2n) is 5.04. The van der Waals surface area contributed by atoms with Crippen LogP contribution in [0.5, 0.6) is 5.75 Å². The molecule has 0 fully saturated rings. The number of methoxy groups -OCH3 is 1. The van der Waals surface area contributed by atoms with Gasteiger partial charge >= 0.3 is 0 Å². The van der Waals surface area contributed by atoms with E-state index < -0.39 is 0 Å². The summed E-state index contributed by atoms with van der Waals surface area (Å²) in [7, 11) is 1.58. The number of ether oxygens (including phenoxy) is 1. The van der Waals surface area contributed by atoms with Crippen molar-refractivity contribution in [2.45, 2.75) is 13.2 Å². The number of nitrogens with zero attached hydrogens (tertiary/aromatic N) is 2. The van der Waals surface area contributed by atoms with Crippen molar-refractivity contribution >= 4 is 10.9 Å². The van der Waals surface area contributed by atoms with Gasteiger partial charge in [0.05, 0.1) is 37.5 Å². The Labute approximate surface area is 127 Å². The summed E-state index contributed by atoms with van der Waals surface area (Å²) in [4.78, 5) is 16.8. The van der Waals surface area contributed by atoms with E-state index in [2.05, 4.69) is 4.98 Å². The second-order valence-corrected chi connectivity index (χ2v) is 5.04. The third-order valence-electron chi connectivity index (χ3n) is 3.59. The van der Waals surface area contributed by atoms with E-state index >= 15 is 0 Å². The van der Waals surface area contributed by atoms with Crippen molar-refractivity contribution in [2.75, 3.05) is 7.11 Å². The average Bonchev–Trinajstić information content (AvgIpc) is 2.57. The molecule has 0 bridgehead atoms. The van der Waals surface area contributed by atoms with Crippen LogP contribution in [0.15, 0.2) is 53.6 Å². The molecule has 5 nitrogen and oxygen atoms in total. The molecule has 3 rings (SSSR count). The fourth-order valence-electron chi connectivity index (χ4n) is 2.32. The van der Waals surface area contributed by atoms with Crippen molar-refractivity contribution in [3.63, 3.8) is 0 Å². The lowest BCUT2D eigenvalue weighted by atomic mass is 10.1. The molecule has 22 heavy (non-hydrogen) atoms. The number of aliphatic hydroxyl groups excluding tert-OH is 1. The molecular weight excluding hydrogens is 280 g/mol. The van der Waals surface area contributed by atoms with Crippen molar-refractivity contribution in [1.29, 1.82) is 0 Å². The van der Waals surface area contributed by atoms with E-state index in [4.69, 9.17) is 9.84 Å². The van der Waals surface area contributed by atoms with Gasteiger partial charge in [-0.25, -0.2) is 4.98 Å². The number of fused-ring (bicyclic) bond motifs is 1. The molecule has 0 spiro atoms. The van der Waals surface area contributed by atoms with Gasteiger partial charge in [-0.2, -0.15) is 0 Å². The topological polar surface area (TPSA) is 64.3 Å². The Balaban J connectivity index is 1.97. The van der Waals surface area contributed by atoms with Gasteiger partial charge in [-0.05, 0) is 23.3 Å². The van der Waals surface area contributed by atoms with Crippen LogP contribution in [0, 0.1) is 0 Å². The highest BCUT2D eigenvalue weighted by atomic mass is 16.5. The molecule has 0 aliphatic heterocycles. The lowest BCUT2D eigenvalue weighted by Gasteiger charge is -2.08. The van der Waals surface area contributed by atoms with Crippen LogP contribution in [0.4, 0.5) is 0 Å². The molecule has 112 valence electrons. The Hall–Kier alpha value is -2.66. The Morgan fingerprint density at radius 1 is 1.14 bits per heavy atom. The monoisotopic (exact) mass is 296 g/mol. The number of hydrogen-bond acceptors (Lipinski definition) is 4. The van der Waals surface area contributed by atoms with E-state index in [-0.39, 0.29) is 12.2 Å². The highest BCUT2D eigenvalue weighted by Gasteiger charge is 2.06. The van der Waals surface area contributed by atoms with Crippen molar-refractivity contribution in [3.8, 4) is 5.75 Å². The zero-order chi connectivity index (χ0) is 15.5. The molecule has 0 atom stereocenters. The van der Waals surface area contributed by atoms with Gasteiger partial charge in [0.2, 0.25) is 0 Å². The first-order chi connectivity index (χ1) is 10.7. The number of rotatable bonds is 4. The Morgan fingerprint density at radius 3 is 2.55 bits per heavy atom. The van der Waals surface area contributed by atoms with Crippen LogP contribution in [-0.4, -0.2) is 21.8 Å². The van der Waals surface area contributed by atoms with Gasteiger partial charge in [0, 0.05) is 6.07 Å². The molecule has 1 aromatic heterocycles. The van der Waals surface area contributed by atoms with E-state index in [1.807, 2.05) is 24.3 Å². The van der Waals surface area contributed by atoms with Crippen LogP contribution >= 0.6 is 0 Å². The van der Waals surface area contributed by atoms with Crippen LogP contribution in [0.2, 0.25) is 0 Å². The largest absolute Gasteiger partial charge is 0.497 e. The van der Waals surface area contributed by atoms with Gasteiger partial charge in [-0.3, -0.25) is 9.36 Å². The molecule has 0 saturated heterocycles. The van der Waals surface area contributed by atoms with Gasteiger partial charge < -0.3 is 9.84 Å². The van der Waals surface area contributed by atoms with Crippen LogP contribution in [0.25, 0.3) is 10.9 Å². The minimum Gasteiger partial charge on any atom is -0.497 e. The van der Waals surface area contributed by atoms with E-state index in [0.717, 1.165) is 11.1 Å². The maximum atomic E-state index is 12.5. The SMILES string of the molecule is COc1ccc2c(=O)n(Cc3ccc(CO)cc3)cnc2c1. The first-order valence-electron chi connectivity index (χ1n) is 6.93. The number of aromatic nitrogens is 2. The smallest absolute Gasteiger partial charge is 0.261 e. The summed E-state index contributed by atoms with van der Waals surface area (Å²) in [6, 6.07) is 12.7. The Morgan fingerprint density at radius 2 is 1.86 bits per heavy atom. The van der Waals surface area contributed by atoms with Gasteiger partial charge in [0.15, 0.2) is 0 Å². The van der Waals surface area contributed by atoms with Crippen LogP contribution in [0.1, 0.15) is 11.1 Å². The molecule has 0 aliphatic rings. The molecule has 0 radical (unpaired) electrons. The lowest BCUT2D eigenvalue weighted by molar-refractivity contribution is 0.282. The molecule has 0 aliphatic carbocycles. The molecule has 3 aromatic rings. The number of aliphatic hydroxyl groups is 1. The van der Waals surface area contributed by atoms with Gasteiger partial charge in [-0.15, -0.1) is 0 Å². The number of benzene rings is 2. The summed E-state index contributed by atoms with van der Waals surface area (Å²) in [5.74, 6) is 0.678. The summed E-state index contributed by atoms with van der Waals surface area (Å²) >= 11 is 0. The second kappa shape index (κ2) is 5.99. The van der Waals surface area contributed by atoms with Gasteiger partial charge in [0.1, 0.15) is 5.75 Å². The summed E-state index contributed by atoms with van der Waals surface area (Å²) in [6.45, 7) is 0.457.